The van der Waals surface area contributed by atoms with Crippen LogP contribution in [0, 0.1) is 0 Å². The van der Waals surface area contributed by atoms with Crippen molar-refractivity contribution >= 4 is 33.9 Å². The number of ether oxygens (including phenoxy) is 1. The fourth-order valence-corrected chi connectivity index (χ4v) is 3.18. The molecule has 0 aliphatic rings. The van der Waals surface area contributed by atoms with E-state index in [9.17, 15) is 14.4 Å². The zero-order valence-corrected chi connectivity index (χ0v) is 15.0. The normalized spacial score (nSPS) is 10.2. The number of ketones is 1. The van der Waals surface area contributed by atoms with Gasteiger partial charge in [-0.05, 0) is 35.7 Å². The number of primary amides is 1. The van der Waals surface area contributed by atoms with Gasteiger partial charge in [0.25, 0.3) is 11.8 Å². The highest BCUT2D eigenvalue weighted by Gasteiger charge is 2.13. The summed E-state index contributed by atoms with van der Waals surface area (Å²) >= 11 is 1.21. The first kappa shape index (κ1) is 18.3. The molecule has 0 saturated heterocycles. The summed E-state index contributed by atoms with van der Waals surface area (Å²) in [6.45, 7) is -0.234. The lowest BCUT2D eigenvalue weighted by Crippen LogP contribution is -2.21. The Morgan fingerprint density at radius 1 is 0.926 bits per heavy atom. The van der Waals surface area contributed by atoms with Crippen LogP contribution in [0.3, 0.4) is 0 Å². The van der Waals surface area contributed by atoms with Gasteiger partial charge < -0.3 is 15.8 Å². The molecule has 0 saturated carbocycles. The molecular formula is C20H16N2O4S. The molecule has 0 unspecified atom stereocenters. The predicted molar refractivity (Wildman–Crippen MR) is 103 cm³/mol. The van der Waals surface area contributed by atoms with Crippen molar-refractivity contribution in [2.24, 2.45) is 5.73 Å². The number of anilines is 1. The van der Waals surface area contributed by atoms with E-state index in [0.717, 1.165) is 0 Å². The maximum atomic E-state index is 12.3. The number of hydrogen-bond donors (Lipinski definition) is 2. The van der Waals surface area contributed by atoms with E-state index in [1.54, 1.807) is 60.0 Å². The number of hydrogen-bond acceptors (Lipinski definition) is 5. The Balaban J connectivity index is 1.57. The number of nitrogens with two attached hydrogens (primary N) is 1. The second-order valence-electron chi connectivity index (χ2n) is 5.58. The van der Waals surface area contributed by atoms with Crippen molar-refractivity contribution in [1.29, 1.82) is 0 Å². The lowest BCUT2D eigenvalue weighted by Gasteiger charge is -2.08. The number of nitrogens with one attached hydrogen (secondary N) is 1. The minimum Gasteiger partial charge on any atom is -0.484 e. The van der Waals surface area contributed by atoms with Gasteiger partial charge in [0.2, 0.25) is 0 Å². The number of benzene rings is 2. The summed E-state index contributed by atoms with van der Waals surface area (Å²) in [5.41, 5.74) is 6.63. The lowest BCUT2D eigenvalue weighted by atomic mass is 10.0. The van der Waals surface area contributed by atoms with Crippen molar-refractivity contribution in [3.05, 3.63) is 82.7 Å². The molecule has 0 aliphatic heterocycles. The van der Waals surface area contributed by atoms with Crippen LogP contribution < -0.4 is 15.8 Å². The summed E-state index contributed by atoms with van der Waals surface area (Å²) < 4.78 is 5.42. The van der Waals surface area contributed by atoms with Crippen LogP contribution in [0.1, 0.15) is 26.3 Å². The number of rotatable bonds is 7. The third-order valence-corrected chi connectivity index (χ3v) is 4.54. The summed E-state index contributed by atoms with van der Waals surface area (Å²) in [6, 6.07) is 17.1. The molecule has 0 aliphatic carbocycles. The van der Waals surface area contributed by atoms with Crippen LogP contribution in [-0.4, -0.2) is 24.2 Å². The Hall–Kier alpha value is -3.45. The van der Waals surface area contributed by atoms with Gasteiger partial charge in [-0.2, -0.15) is 0 Å². The molecule has 1 heterocycles. The van der Waals surface area contributed by atoms with Crippen LogP contribution in [0.5, 0.6) is 5.75 Å². The van der Waals surface area contributed by atoms with Gasteiger partial charge in [-0.25, -0.2) is 0 Å². The molecule has 0 fully saturated rings. The van der Waals surface area contributed by atoms with Crippen molar-refractivity contribution in [3.8, 4) is 5.75 Å². The third-order valence-electron chi connectivity index (χ3n) is 3.71. The molecule has 1 aromatic heterocycles. The SMILES string of the molecule is NC(=O)c1ccsc1NC(=O)COc1ccc(C(=O)c2ccccc2)cc1. The smallest absolute Gasteiger partial charge is 0.262 e. The van der Waals surface area contributed by atoms with Crippen molar-refractivity contribution in [2.45, 2.75) is 0 Å². The summed E-state index contributed by atoms with van der Waals surface area (Å²) in [5.74, 6) is -0.650. The highest BCUT2D eigenvalue weighted by atomic mass is 32.1. The van der Waals surface area contributed by atoms with E-state index in [4.69, 9.17) is 10.5 Å². The molecule has 0 radical (unpaired) electrons. The highest BCUT2D eigenvalue weighted by Crippen LogP contribution is 2.22. The zero-order chi connectivity index (χ0) is 19.2. The van der Waals surface area contributed by atoms with Gasteiger partial charge in [0.05, 0.1) is 5.56 Å². The average molecular weight is 380 g/mol. The fourth-order valence-electron chi connectivity index (χ4n) is 2.37. The first-order valence-electron chi connectivity index (χ1n) is 8.04. The topological polar surface area (TPSA) is 98.5 Å². The molecule has 2 aromatic carbocycles. The van der Waals surface area contributed by atoms with E-state index < -0.39 is 11.8 Å². The molecular weight excluding hydrogens is 364 g/mol. The van der Waals surface area contributed by atoms with Crippen LogP contribution in [0.15, 0.2) is 66.0 Å². The van der Waals surface area contributed by atoms with Crippen molar-refractivity contribution in [3.63, 3.8) is 0 Å². The molecule has 6 nitrogen and oxygen atoms in total. The number of carbonyl (C=O) groups excluding carboxylic acids is 3. The van der Waals surface area contributed by atoms with E-state index >= 15 is 0 Å². The van der Waals surface area contributed by atoms with Crippen LogP contribution in [0.2, 0.25) is 0 Å². The first-order chi connectivity index (χ1) is 13.0. The minimum atomic E-state index is -0.605. The van der Waals surface area contributed by atoms with E-state index in [2.05, 4.69) is 5.32 Å². The van der Waals surface area contributed by atoms with E-state index in [1.807, 2.05) is 6.07 Å². The molecule has 27 heavy (non-hydrogen) atoms. The average Bonchev–Trinajstić information content (AvgIpc) is 3.15. The molecule has 0 spiro atoms. The van der Waals surface area contributed by atoms with Gasteiger partial charge in [-0.1, -0.05) is 30.3 Å². The van der Waals surface area contributed by atoms with Gasteiger partial charge in [0, 0.05) is 11.1 Å². The van der Waals surface area contributed by atoms with Crippen LogP contribution in [0.25, 0.3) is 0 Å². The monoisotopic (exact) mass is 380 g/mol. The number of thiophene rings is 1. The molecule has 0 bridgehead atoms. The second-order valence-corrected chi connectivity index (χ2v) is 6.50. The maximum absolute atomic E-state index is 12.3. The Labute approximate surface area is 159 Å². The van der Waals surface area contributed by atoms with Gasteiger partial charge in [0.1, 0.15) is 10.8 Å². The lowest BCUT2D eigenvalue weighted by molar-refractivity contribution is -0.118. The van der Waals surface area contributed by atoms with Crippen molar-refractivity contribution in [1.82, 2.24) is 0 Å². The number of carbonyl (C=O) groups is 3. The van der Waals surface area contributed by atoms with Crippen molar-refractivity contribution in [2.75, 3.05) is 11.9 Å². The van der Waals surface area contributed by atoms with Gasteiger partial charge in [-0.15, -0.1) is 11.3 Å². The first-order valence-corrected chi connectivity index (χ1v) is 8.92. The van der Waals surface area contributed by atoms with Crippen LogP contribution in [0.4, 0.5) is 5.00 Å². The molecule has 3 N–H and O–H groups in total. The molecule has 136 valence electrons. The quantitative estimate of drug-likeness (QED) is 0.615. The van der Waals surface area contributed by atoms with E-state index in [0.29, 0.717) is 21.9 Å². The second kappa shape index (κ2) is 8.29. The molecule has 3 aromatic rings. The Morgan fingerprint density at radius 3 is 2.26 bits per heavy atom. The van der Waals surface area contributed by atoms with Gasteiger partial charge >= 0.3 is 0 Å². The summed E-state index contributed by atoms with van der Waals surface area (Å²) in [4.78, 5) is 35.6. The number of amides is 2. The predicted octanol–water partition coefficient (Wildman–Crippen LogP) is 3.10. The molecule has 2 amide bonds. The molecule has 3 rings (SSSR count). The minimum absolute atomic E-state index is 0.0865. The Kier molecular flexibility index (Phi) is 5.63. The third kappa shape index (κ3) is 4.59. The van der Waals surface area contributed by atoms with E-state index in [-0.39, 0.29) is 18.0 Å². The van der Waals surface area contributed by atoms with Crippen LogP contribution >= 0.6 is 11.3 Å². The molecule has 7 heteroatoms. The summed E-state index contributed by atoms with van der Waals surface area (Å²) in [5, 5.41) is 4.65. The zero-order valence-electron chi connectivity index (χ0n) is 14.2. The summed E-state index contributed by atoms with van der Waals surface area (Å²) in [6.07, 6.45) is 0. The van der Waals surface area contributed by atoms with Crippen molar-refractivity contribution < 1.29 is 19.1 Å². The fraction of sp³-hybridized carbons (Fsp3) is 0.0500. The largest absolute Gasteiger partial charge is 0.484 e. The highest BCUT2D eigenvalue weighted by molar-refractivity contribution is 7.14. The Morgan fingerprint density at radius 2 is 1.59 bits per heavy atom. The maximum Gasteiger partial charge on any atom is 0.262 e. The standard InChI is InChI=1S/C20H16N2O4S/c21-19(25)16-10-11-27-20(16)22-17(23)12-26-15-8-6-14(7-9-15)18(24)13-4-2-1-3-5-13/h1-11H,12H2,(H2,21,25)(H,22,23). The van der Waals surface area contributed by atoms with Crippen LogP contribution in [-0.2, 0) is 4.79 Å². The van der Waals surface area contributed by atoms with E-state index in [1.165, 1.54) is 11.3 Å². The van der Waals surface area contributed by atoms with Gasteiger partial charge in [0.15, 0.2) is 12.4 Å². The molecule has 0 atom stereocenters. The van der Waals surface area contributed by atoms with Gasteiger partial charge in [-0.3, -0.25) is 14.4 Å². The summed E-state index contributed by atoms with van der Waals surface area (Å²) in [7, 11) is 0. The Bertz CT molecular complexity index is 965.